The van der Waals surface area contributed by atoms with Gasteiger partial charge in [0, 0.05) is 6.42 Å². The highest BCUT2D eigenvalue weighted by atomic mass is 16.4. The minimum Gasteiger partial charge on any atom is -0.508 e. The number of hydrogen-bond acceptors (Lipinski definition) is 9. The number of nitrogens with one attached hydrogen (secondary N) is 3. The van der Waals surface area contributed by atoms with Gasteiger partial charge in [-0.2, -0.15) is 0 Å². The molecule has 0 saturated carbocycles. The molecule has 4 unspecified atom stereocenters. The number of carbonyl (C=O) groups excluding carboxylic acids is 3. The van der Waals surface area contributed by atoms with Crippen LogP contribution in [0.5, 0.6) is 5.75 Å². The smallest absolute Gasteiger partial charge is 0.328 e. The molecule has 1 rings (SSSR count). The van der Waals surface area contributed by atoms with Crippen molar-refractivity contribution in [3.63, 3.8) is 0 Å². The Kier molecular flexibility index (Phi) is 14.8. The van der Waals surface area contributed by atoms with Gasteiger partial charge < -0.3 is 48.5 Å². The Morgan fingerprint density at radius 1 is 0.757 bits per heavy atom. The van der Waals surface area contributed by atoms with Gasteiger partial charge in [-0.3, -0.25) is 14.4 Å². The molecule has 37 heavy (non-hydrogen) atoms. The number of phenols is 1. The summed E-state index contributed by atoms with van der Waals surface area (Å²) in [7, 11) is 0. The molecule has 0 saturated heterocycles. The van der Waals surface area contributed by atoms with Crippen LogP contribution in [0.2, 0.25) is 0 Å². The second-order valence-electron chi connectivity index (χ2n) is 8.75. The highest BCUT2D eigenvalue weighted by Crippen LogP contribution is 2.12. The van der Waals surface area contributed by atoms with Crippen LogP contribution in [-0.4, -0.2) is 82.9 Å². The summed E-state index contributed by atoms with van der Waals surface area (Å²) in [4.78, 5) is 50.0. The van der Waals surface area contributed by atoms with E-state index in [0.29, 0.717) is 50.8 Å². The Morgan fingerprint density at radius 3 is 1.81 bits per heavy atom. The summed E-state index contributed by atoms with van der Waals surface area (Å²) in [5, 5.41) is 35.4. The summed E-state index contributed by atoms with van der Waals surface area (Å²) in [6.07, 6.45) is 3.09. The van der Waals surface area contributed by atoms with Crippen LogP contribution in [-0.2, 0) is 25.6 Å². The van der Waals surface area contributed by atoms with Crippen LogP contribution >= 0.6 is 0 Å². The number of aromatic hydroxyl groups is 1. The number of aliphatic carboxylic acids is 1. The molecular weight excluding hydrogens is 484 g/mol. The van der Waals surface area contributed by atoms with Crippen LogP contribution in [0.25, 0.3) is 0 Å². The first-order chi connectivity index (χ1) is 17.6. The van der Waals surface area contributed by atoms with Gasteiger partial charge in [-0.1, -0.05) is 18.6 Å². The fourth-order valence-corrected chi connectivity index (χ4v) is 3.49. The second kappa shape index (κ2) is 17.2. The Bertz CT molecular complexity index is 868. The quantitative estimate of drug-likeness (QED) is 0.0961. The van der Waals surface area contributed by atoms with Gasteiger partial charge >= 0.3 is 5.97 Å². The molecule has 13 nitrogen and oxygen atoms in total. The molecule has 0 spiro atoms. The van der Waals surface area contributed by atoms with E-state index < -0.39 is 54.5 Å². The zero-order valence-corrected chi connectivity index (χ0v) is 20.9. The lowest BCUT2D eigenvalue weighted by atomic mass is 10.0. The highest BCUT2D eigenvalue weighted by Gasteiger charge is 2.30. The Balaban J connectivity index is 3.06. The standard InChI is InChI=1S/C24H40N6O7/c25-11-3-1-5-17(27)21(33)28-18(6-2-4-12-26)22(34)29-19(13-15-7-9-16(32)10-8-15)23(35)30-20(14-31)24(36)37/h7-10,17-20,31-32H,1-6,11-14,25-27H2,(H,28,33)(H,29,34)(H,30,35)(H,36,37). The van der Waals surface area contributed by atoms with E-state index in [2.05, 4.69) is 16.0 Å². The van der Waals surface area contributed by atoms with Gasteiger partial charge in [0.05, 0.1) is 12.6 Å². The van der Waals surface area contributed by atoms with Crippen molar-refractivity contribution in [1.82, 2.24) is 16.0 Å². The van der Waals surface area contributed by atoms with E-state index in [4.69, 9.17) is 17.2 Å². The van der Waals surface area contributed by atoms with E-state index >= 15 is 0 Å². The zero-order chi connectivity index (χ0) is 27.8. The molecule has 1 aromatic carbocycles. The number of carboxylic acid groups (broad SMARTS) is 1. The van der Waals surface area contributed by atoms with Crippen molar-refractivity contribution in [2.24, 2.45) is 17.2 Å². The molecule has 3 amide bonds. The van der Waals surface area contributed by atoms with Gasteiger partial charge in [0.1, 0.15) is 23.9 Å². The lowest BCUT2D eigenvalue weighted by Gasteiger charge is -2.25. The number of aliphatic hydroxyl groups is 1. The van der Waals surface area contributed by atoms with E-state index in [1.165, 1.54) is 12.1 Å². The predicted molar refractivity (Wildman–Crippen MR) is 136 cm³/mol. The van der Waals surface area contributed by atoms with E-state index in [1.807, 2.05) is 0 Å². The minimum atomic E-state index is -1.57. The summed E-state index contributed by atoms with van der Waals surface area (Å²) in [5.41, 5.74) is 17.5. The maximum absolute atomic E-state index is 13.2. The number of rotatable bonds is 18. The van der Waals surface area contributed by atoms with Crippen LogP contribution in [0.4, 0.5) is 0 Å². The number of carbonyl (C=O) groups is 4. The summed E-state index contributed by atoms with van der Waals surface area (Å²) in [6.45, 7) is 0.0211. The lowest BCUT2D eigenvalue weighted by Crippen LogP contribution is -2.58. The molecule has 13 heteroatoms. The highest BCUT2D eigenvalue weighted by molar-refractivity contribution is 5.94. The van der Waals surface area contributed by atoms with Crippen molar-refractivity contribution >= 4 is 23.7 Å². The normalized spacial score (nSPS) is 14.2. The van der Waals surface area contributed by atoms with Crippen molar-refractivity contribution in [3.05, 3.63) is 29.8 Å². The van der Waals surface area contributed by atoms with Crippen molar-refractivity contribution in [2.75, 3.05) is 19.7 Å². The fraction of sp³-hybridized carbons (Fsp3) is 0.583. The first-order valence-electron chi connectivity index (χ1n) is 12.3. The first-order valence-corrected chi connectivity index (χ1v) is 12.3. The molecule has 0 bridgehead atoms. The topological polar surface area (TPSA) is 243 Å². The maximum atomic E-state index is 13.2. The number of nitrogens with two attached hydrogens (primary N) is 3. The van der Waals surface area contributed by atoms with Crippen molar-refractivity contribution in [1.29, 1.82) is 0 Å². The van der Waals surface area contributed by atoms with Crippen molar-refractivity contribution in [2.45, 2.75) is 69.1 Å². The van der Waals surface area contributed by atoms with Gasteiger partial charge in [0.25, 0.3) is 0 Å². The van der Waals surface area contributed by atoms with Crippen LogP contribution in [0.1, 0.15) is 44.1 Å². The van der Waals surface area contributed by atoms with Crippen LogP contribution in [0.15, 0.2) is 24.3 Å². The van der Waals surface area contributed by atoms with E-state index in [9.17, 15) is 34.5 Å². The SMILES string of the molecule is NCCCCC(N)C(=O)NC(CCCCN)C(=O)NC(Cc1ccc(O)cc1)C(=O)NC(CO)C(=O)O. The molecule has 12 N–H and O–H groups in total. The average molecular weight is 525 g/mol. The van der Waals surface area contributed by atoms with Gasteiger partial charge in [0.15, 0.2) is 0 Å². The molecule has 0 aliphatic rings. The van der Waals surface area contributed by atoms with Crippen LogP contribution in [0, 0.1) is 0 Å². The molecule has 0 aliphatic carbocycles. The second-order valence-corrected chi connectivity index (χ2v) is 8.75. The molecule has 208 valence electrons. The van der Waals surface area contributed by atoms with Gasteiger partial charge in [-0.25, -0.2) is 4.79 Å². The van der Waals surface area contributed by atoms with Gasteiger partial charge in [0.2, 0.25) is 17.7 Å². The molecular formula is C24H40N6O7. The lowest BCUT2D eigenvalue weighted by molar-refractivity contribution is -0.143. The Labute approximate surface area is 216 Å². The molecule has 0 radical (unpaired) electrons. The fourth-order valence-electron chi connectivity index (χ4n) is 3.49. The summed E-state index contributed by atoms with van der Waals surface area (Å²) in [6, 6.07) is 1.24. The third-order valence-corrected chi connectivity index (χ3v) is 5.69. The number of amides is 3. The molecule has 4 atom stereocenters. The number of phenolic OH excluding ortho intramolecular Hbond substituents is 1. The third kappa shape index (κ3) is 12.0. The van der Waals surface area contributed by atoms with Crippen LogP contribution in [0.3, 0.4) is 0 Å². The van der Waals surface area contributed by atoms with E-state index in [0.717, 1.165) is 0 Å². The largest absolute Gasteiger partial charge is 0.508 e. The number of unbranched alkanes of at least 4 members (excludes halogenated alkanes) is 2. The van der Waals surface area contributed by atoms with E-state index in [1.54, 1.807) is 12.1 Å². The molecule has 0 heterocycles. The monoisotopic (exact) mass is 524 g/mol. The van der Waals surface area contributed by atoms with Crippen LogP contribution < -0.4 is 33.2 Å². The van der Waals surface area contributed by atoms with Crippen molar-refractivity contribution < 1.29 is 34.5 Å². The zero-order valence-electron chi connectivity index (χ0n) is 20.9. The summed E-state index contributed by atoms with van der Waals surface area (Å²) < 4.78 is 0. The summed E-state index contributed by atoms with van der Waals surface area (Å²) in [5.74, 6) is -3.45. The number of benzene rings is 1. The molecule has 0 aromatic heterocycles. The van der Waals surface area contributed by atoms with E-state index in [-0.39, 0.29) is 18.6 Å². The number of hydrogen-bond donors (Lipinski definition) is 9. The third-order valence-electron chi connectivity index (χ3n) is 5.69. The van der Waals surface area contributed by atoms with Gasteiger partial charge in [-0.05, 0) is 62.9 Å². The molecule has 1 aromatic rings. The van der Waals surface area contributed by atoms with Gasteiger partial charge in [-0.15, -0.1) is 0 Å². The Hall–Kier alpha value is -3.26. The molecule has 0 fully saturated rings. The predicted octanol–water partition coefficient (Wildman–Crippen LogP) is -1.95. The summed E-state index contributed by atoms with van der Waals surface area (Å²) >= 11 is 0. The minimum absolute atomic E-state index is 0.00508. The average Bonchev–Trinajstić information content (AvgIpc) is 2.87. The number of carboxylic acids is 1. The maximum Gasteiger partial charge on any atom is 0.328 e. The van der Waals surface area contributed by atoms with Crippen molar-refractivity contribution in [3.8, 4) is 5.75 Å². The number of aliphatic hydroxyl groups excluding tert-OH is 1. The molecule has 0 aliphatic heterocycles. The Morgan fingerprint density at radius 2 is 1.27 bits per heavy atom. The first kappa shape index (κ1) is 31.8.